The summed E-state index contributed by atoms with van der Waals surface area (Å²) in [6, 6.07) is 8.63. The number of carbonyl (C=O) groups excluding carboxylic acids is 2. The maximum atomic E-state index is 13.3. The summed E-state index contributed by atoms with van der Waals surface area (Å²) in [7, 11) is 0. The summed E-state index contributed by atoms with van der Waals surface area (Å²) in [4.78, 5) is 30.4. The number of hydrogen-bond acceptors (Lipinski definition) is 5. The Kier molecular flexibility index (Phi) is 5.66. The zero-order valence-electron chi connectivity index (χ0n) is 18.5. The zero-order valence-corrected chi connectivity index (χ0v) is 19.2. The molecule has 0 spiro atoms. The van der Waals surface area contributed by atoms with Crippen LogP contribution in [-0.4, -0.2) is 28.0 Å². The zero-order chi connectivity index (χ0) is 23.1. The second-order valence-corrected chi connectivity index (χ2v) is 9.48. The summed E-state index contributed by atoms with van der Waals surface area (Å²) in [5.41, 5.74) is 4.14. The Morgan fingerprint density at radius 2 is 1.79 bits per heavy atom. The Morgan fingerprint density at radius 3 is 2.42 bits per heavy atom. The van der Waals surface area contributed by atoms with E-state index in [4.69, 9.17) is 16.1 Å². The first-order valence-corrected chi connectivity index (χ1v) is 11.5. The third-order valence-corrected chi connectivity index (χ3v) is 7.16. The van der Waals surface area contributed by atoms with E-state index in [1.807, 2.05) is 31.2 Å². The minimum absolute atomic E-state index is 0.119. The Balaban J connectivity index is 1.33. The van der Waals surface area contributed by atoms with Gasteiger partial charge < -0.3 is 15.2 Å². The summed E-state index contributed by atoms with van der Waals surface area (Å²) in [5, 5.41) is 10.3. The SMILES string of the molecule is Cc1nocc1C(=O)NC(C(=O)Nc1ccc(-c2c(Cl)ccnc2C)cc1)C1CC2CC2C1. The molecule has 170 valence electrons. The molecule has 2 aliphatic carbocycles. The predicted molar refractivity (Wildman–Crippen MR) is 125 cm³/mol. The van der Waals surface area contributed by atoms with E-state index in [0.29, 0.717) is 33.8 Å². The van der Waals surface area contributed by atoms with Gasteiger partial charge in [-0.15, -0.1) is 0 Å². The van der Waals surface area contributed by atoms with Crippen molar-refractivity contribution in [2.24, 2.45) is 17.8 Å². The number of halogens is 1. The monoisotopic (exact) mass is 464 g/mol. The molecular formula is C25H25ClN4O3. The Morgan fingerprint density at radius 1 is 1.06 bits per heavy atom. The molecule has 2 aliphatic rings. The van der Waals surface area contributed by atoms with Crippen LogP contribution in [0.3, 0.4) is 0 Å². The van der Waals surface area contributed by atoms with Crippen LogP contribution in [0.4, 0.5) is 5.69 Å². The minimum Gasteiger partial charge on any atom is -0.364 e. The first-order valence-electron chi connectivity index (χ1n) is 11.1. The number of rotatable bonds is 6. The van der Waals surface area contributed by atoms with Gasteiger partial charge in [-0.3, -0.25) is 14.6 Å². The van der Waals surface area contributed by atoms with Crippen LogP contribution in [0.5, 0.6) is 0 Å². The van der Waals surface area contributed by atoms with E-state index in [9.17, 15) is 9.59 Å². The van der Waals surface area contributed by atoms with E-state index in [2.05, 4.69) is 20.8 Å². The van der Waals surface area contributed by atoms with Crippen molar-refractivity contribution < 1.29 is 14.1 Å². The normalized spacial score (nSPS) is 21.8. The van der Waals surface area contributed by atoms with Crippen LogP contribution in [0.1, 0.15) is 41.0 Å². The van der Waals surface area contributed by atoms with Gasteiger partial charge in [0.15, 0.2) is 0 Å². The van der Waals surface area contributed by atoms with E-state index in [0.717, 1.165) is 29.7 Å². The summed E-state index contributed by atoms with van der Waals surface area (Å²) in [6.45, 7) is 3.61. The van der Waals surface area contributed by atoms with E-state index in [-0.39, 0.29) is 17.7 Å². The summed E-state index contributed by atoms with van der Waals surface area (Å²) in [6.07, 6.45) is 6.16. The van der Waals surface area contributed by atoms with Gasteiger partial charge in [-0.1, -0.05) is 28.9 Å². The number of aromatic nitrogens is 2. The lowest BCUT2D eigenvalue weighted by atomic mass is 9.93. The Hall–Kier alpha value is -3.19. The number of fused-ring (bicyclic) bond motifs is 1. The maximum Gasteiger partial charge on any atom is 0.257 e. The van der Waals surface area contributed by atoms with Crippen LogP contribution in [-0.2, 0) is 4.79 Å². The van der Waals surface area contributed by atoms with E-state index >= 15 is 0 Å². The van der Waals surface area contributed by atoms with Gasteiger partial charge in [-0.25, -0.2) is 0 Å². The van der Waals surface area contributed by atoms with E-state index < -0.39 is 6.04 Å². The van der Waals surface area contributed by atoms with Gasteiger partial charge in [0.25, 0.3) is 5.91 Å². The molecule has 0 radical (unpaired) electrons. The number of carbonyl (C=O) groups is 2. The highest BCUT2D eigenvalue weighted by molar-refractivity contribution is 6.33. The van der Waals surface area contributed by atoms with Gasteiger partial charge in [-0.05, 0) is 74.6 Å². The number of aryl methyl sites for hydroxylation is 2. The molecule has 0 bridgehead atoms. The van der Waals surface area contributed by atoms with Gasteiger partial charge in [0, 0.05) is 23.1 Å². The summed E-state index contributed by atoms with van der Waals surface area (Å²) >= 11 is 6.36. The lowest BCUT2D eigenvalue weighted by molar-refractivity contribution is -0.119. The van der Waals surface area contributed by atoms with Crippen LogP contribution in [0.25, 0.3) is 11.1 Å². The lowest BCUT2D eigenvalue weighted by Gasteiger charge is -2.25. The second-order valence-electron chi connectivity index (χ2n) is 9.07. The van der Waals surface area contributed by atoms with Crippen molar-refractivity contribution in [2.75, 3.05) is 5.32 Å². The Bertz CT molecular complexity index is 1180. The highest BCUT2D eigenvalue weighted by atomic mass is 35.5. The Labute approximate surface area is 196 Å². The fourth-order valence-corrected chi connectivity index (χ4v) is 5.29. The molecule has 1 aromatic carbocycles. The van der Waals surface area contributed by atoms with Crippen molar-refractivity contribution in [3.05, 3.63) is 64.8 Å². The summed E-state index contributed by atoms with van der Waals surface area (Å²) < 4.78 is 4.89. The van der Waals surface area contributed by atoms with Crippen molar-refractivity contribution in [2.45, 2.75) is 39.2 Å². The molecule has 3 aromatic rings. The van der Waals surface area contributed by atoms with Crippen molar-refractivity contribution >= 4 is 29.1 Å². The minimum atomic E-state index is -0.616. The quantitative estimate of drug-likeness (QED) is 0.546. The molecule has 3 unspecified atom stereocenters. The molecule has 5 rings (SSSR count). The highest BCUT2D eigenvalue weighted by Crippen LogP contribution is 2.55. The third kappa shape index (κ3) is 4.37. The van der Waals surface area contributed by atoms with Gasteiger partial charge in [0.2, 0.25) is 5.91 Å². The van der Waals surface area contributed by atoms with Crippen molar-refractivity contribution in [1.29, 1.82) is 0 Å². The third-order valence-electron chi connectivity index (χ3n) is 6.85. The standard InChI is InChI=1S/C25H25ClN4O3/c1-13-20(12-33-30-13)24(31)29-23(18-10-16-9-17(16)11-18)25(32)28-19-5-3-15(4-6-19)22-14(2)27-8-7-21(22)26/h3-8,12,16-18,23H,9-11H2,1-2H3,(H,28,32)(H,29,31). The van der Waals surface area contributed by atoms with Gasteiger partial charge in [0.05, 0.1) is 10.7 Å². The smallest absolute Gasteiger partial charge is 0.257 e. The average molecular weight is 465 g/mol. The molecule has 2 fully saturated rings. The first-order chi connectivity index (χ1) is 15.9. The van der Waals surface area contributed by atoms with Crippen LogP contribution in [0, 0.1) is 31.6 Å². The number of hydrogen-bond donors (Lipinski definition) is 2. The van der Waals surface area contributed by atoms with Crippen molar-refractivity contribution in [3.8, 4) is 11.1 Å². The highest BCUT2D eigenvalue weighted by Gasteiger charge is 2.49. The van der Waals surface area contributed by atoms with E-state index in [1.54, 1.807) is 19.2 Å². The summed E-state index contributed by atoms with van der Waals surface area (Å²) in [5.74, 6) is 0.935. The topological polar surface area (TPSA) is 97.1 Å². The number of amides is 2. The molecule has 8 heteroatoms. The molecule has 2 saturated carbocycles. The molecule has 2 amide bonds. The number of pyridine rings is 1. The van der Waals surface area contributed by atoms with Crippen molar-refractivity contribution in [3.63, 3.8) is 0 Å². The fourth-order valence-electron chi connectivity index (χ4n) is 4.98. The number of nitrogens with zero attached hydrogens (tertiary/aromatic N) is 2. The number of benzene rings is 1. The maximum absolute atomic E-state index is 13.3. The molecule has 3 atom stereocenters. The second kappa shape index (κ2) is 8.63. The van der Waals surface area contributed by atoms with Crippen LogP contribution < -0.4 is 10.6 Å². The predicted octanol–water partition coefficient (Wildman–Crippen LogP) is 4.79. The van der Waals surface area contributed by atoms with E-state index in [1.165, 1.54) is 12.7 Å². The molecule has 2 heterocycles. The number of anilines is 1. The first kappa shape index (κ1) is 21.6. The molecule has 7 nitrogen and oxygen atoms in total. The van der Waals surface area contributed by atoms with Gasteiger partial charge in [-0.2, -0.15) is 0 Å². The van der Waals surface area contributed by atoms with Crippen LogP contribution >= 0.6 is 11.6 Å². The number of nitrogens with one attached hydrogen (secondary N) is 2. The average Bonchev–Trinajstić information content (AvgIpc) is 3.16. The van der Waals surface area contributed by atoms with Gasteiger partial charge >= 0.3 is 0 Å². The molecule has 2 N–H and O–H groups in total. The molecule has 0 saturated heterocycles. The van der Waals surface area contributed by atoms with Crippen molar-refractivity contribution in [1.82, 2.24) is 15.5 Å². The molecular weight excluding hydrogens is 440 g/mol. The molecule has 2 aromatic heterocycles. The fraction of sp³-hybridized carbons (Fsp3) is 0.360. The molecule has 33 heavy (non-hydrogen) atoms. The van der Waals surface area contributed by atoms with Crippen LogP contribution in [0.15, 0.2) is 47.3 Å². The van der Waals surface area contributed by atoms with Crippen LogP contribution in [0.2, 0.25) is 5.02 Å². The van der Waals surface area contributed by atoms with Gasteiger partial charge in [0.1, 0.15) is 17.9 Å². The largest absolute Gasteiger partial charge is 0.364 e. The molecule has 0 aliphatic heterocycles. The lowest BCUT2D eigenvalue weighted by Crippen LogP contribution is -2.48.